The van der Waals surface area contributed by atoms with Gasteiger partial charge in [0.1, 0.15) is 5.75 Å². The Kier molecular flexibility index (Phi) is 7.62. The molecule has 0 bridgehead atoms. The highest BCUT2D eigenvalue weighted by atomic mass is 79.9. The van der Waals surface area contributed by atoms with Crippen LogP contribution in [0.2, 0.25) is 0 Å². The molecule has 7 nitrogen and oxygen atoms in total. The van der Waals surface area contributed by atoms with Gasteiger partial charge in [0, 0.05) is 22.4 Å². The Hall–Kier alpha value is -3.65. The van der Waals surface area contributed by atoms with Gasteiger partial charge in [-0.2, -0.15) is 0 Å². The monoisotopic (exact) mass is 495 g/mol. The Morgan fingerprint density at radius 1 is 0.812 bits per heavy atom. The van der Waals surface area contributed by atoms with Gasteiger partial charge in [-0.3, -0.25) is 25.2 Å². The largest absolute Gasteiger partial charge is 0.493 e. The van der Waals surface area contributed by atoms with Crippen molar-refractivity contribution in [2.24, 2.45) is 0 Å². The lowest BCUT2D eigenvalue weighted by atomic mass is 10.1. The Morgan fingerprint density at radius 3 is 2.06 bits per heavy atom. The van der Waals surface area contributed by atoms with Crippen LogP contribution in [-0.2, 0) is 0 Å². The van der Waals surface area contributed by atoms with Crippen LogP contribution in [-0.4, -0.2) is 24.3 Å². The van der Waals surface area contributed by atoms with E-state index < -0.39 is 11.8 Å². The second kappa shape index (κ2) is 10.6. The summed E-state index contributed by atoms with van der Waals surface area (Å²) in [5.41, 5.74) is 7.53. The van der Waals surface area contributed by atoms with E-state index in [2.05, 4.69) is 32.1 Å². The summed E-state index contributed by atoms with van der Waals surface area (Å²) in [6.45, 7) is 4.29. The van der Waals surface area contributed by atoms with Crippen LogP contribution in [0.25, 0.3) is 0 Å². The molecule has 3 N–H and O–H groups in total. The molecule has 0 radical (unpaired) electrons. The molecule has 32 heavy (non-hydrogen) atoms. The first kappa shape index (κ1) is 23.0. The van der Waals surface area contributed by atoms with Crippen molar-refractivity contribution in [2.45, 2.75) is 13.8 Å². The van der Waals surface area contributed by atoms with Crippen LogP contribution in [0.4, 0.5) is 5.69 Å². The summed E-state index contributed by atoms with van der Waals surface area (Å²) in [6.07, 6.45) is 0. The van der Waals surface area contributed by atoms with Gasteiger partial charge in [-0.05, 0) is 84.4 Å². The van der Waals surface area contributed by atoms with Crippen molar-refractivity contribution in [3.8, 4) is 5.75 Å². The van der Waals surface area contributed by atoms with E-state index in [1.807, 2.05) is 26.0 Å². The van der Waals surface area contributed by atoms with Crippen molar-refractivity contribution in [2.75, 3.05) is 11.9 Å². The van der Waals surface area contributed by atoms with E-state index in [1.54, 1.807) is 54.6 Å². The van der Waals surface area contributed by atoms with Crippen molar-refractivity contribution >= 4 is 39.3 Å². The van der Waals surface area contributed by atoms with E-state index >= 15 is 0 Å². The van der Waals surface area contributed by atoms with Crippen LogP contribution in [0.3, 0.4) is 0 Å². The fraction of sp³-hybridized carbons (Fsp3) is 0.125. The van der Waals surface area contributed by atoms with Crippen LogP contribution >= 0.6 is 15.9 Å². The SMILES string of the molecule is CCOc1ccc(C(=O)NNC(=O)c2ccc(NC(=O)c3cccc(C)c3)cc2)cc1Br. The van der Waals surface area contributed by atoms with Gasteiger partial charge in [-0.15, -0.1) is 0 Å². The van der Waals surface area contributed by atoms with Crippen molar-refractivity contribution in [3.05, 3.63) is 93.5 Å². The van der Waals surface area contributed by atoms with Crippen molar-refractivity contribution in [1.82, 2.24) is 10.9 Å². The van der Waals surface area contributed by atoms with E-state index in [4.69, 9.17) is 4.74 Å². The molecule has 0 atom stereocenters. The van der Waals surface area contributed by atoms with Crippen molar-refractivity contribution in [3.63, 3.8) is 0 Å². The van der Waals surface area contributed by atoms with Crippen LogP contribution in [0.5, 0.6) is 5.75 Å². The molecule has 0 saturated heterocycles. The number of hydrazine groups is 1. The first-order valence-electron chi connectivity index (χ1n) is 9.88. The molecular formula is C24H22BrN3O4. The Bertz CT molecular complexity index is 1150. The number of hydrogen-bond donors (Lipinski definition) is 3. The average Bonchev–Trinajstić information content (AvgIpc) is 2.79. The third-order valence-corrected chi connectivity index (χ3v) is 5.09. The van der Waals surface area contributed by atoms with Crippen LogP contribution in [0.1, 0.15) is 43.6 Å². The minimum atomic E-state index is -0.486. The van der Waals surface area contributed by atoms with Crippen LogP contribution in [0.15, 0.2) is 71.2 Å². The Balaban J connectivity index is 1.56. The first-order chi connectivity index (χ1) is 15.4. The number of aryl methyl sites for hydroxylation is 1. The average molecular weight is 496 g/mol. The predicted octanol–water partition coefficient (Wildman–Crippen LogP) is 4.48. The van der Waals surface area contributed by atoms with Gasteiger partial charge in [-0.1, -0.05) is 17.7 Å². The molecule has 3 rings (SSSR count). The molecule has 0 spiro atoms. The normalized spacial score (nSPS) is 10.2. The fourth-order valence-corrected chi connectivity index (χ4v) is 3.36. The molecule has 3 aromatic carbocycles. The van der Waals surface area contributed by atoms with Gasteiger partial charge >= 0.3 is 0 Å². The van der Waals surface area contributed by atoms with Gasteiger partial charge in [0.2, 0.25) is 0 Å². The second-order valence-electron chi connectivity index (χ2n) is 6.89. The number of rotatable bonds is 6. The van der Waals surface area contributed by atoms with Crippen molar-refractivity contribution < 1.29 is 19.1 Å². The Labute approximate surface area is 194 Å². The summed E-state index contributed by atoms with van der Waals surface area (Å²) < 4.78 is 6.06. The number of benzene rings is 3. The quantitative estimate of drug-likeness (QED) is 0.439. The van der Waals surface area contributed by atoms with Gasteiger partial charge in [0.05, 0.1) is 11.1 Å². The maximum Gasteiger partial charge on any atom is 0.269 e. The smallest absolute Gasteiger partial charge is 0.269 e. The maximum atomic E-state index is 12.3. The second-order valence-corrected chi connectivity index (χ2v) is 7.74. The highest BCUT2D eigenvalue weighted by Gasteiger charge is 2.12. The van der Waals surface area contributed by atoms with Crippen LogP contribution < -0.4 is 20.9 Å². The summed E-state index contributed by atoms with van der Waals surface area (Å²) in [7, 11) is 0. The standard InChI is InChI=1S/C24H22BrN3O4/c1-3-32-21-12-9-18(14-20(21)25)24(31)28-27-23(30)16-7-10-19(11-8-16)26-22(29)17-6-4-5-15(2)13-17/h4-14H,3H2,1-2H3,(H,26,29)(H,27,30)(H,28,31). The Morgan fingerprint density at radius 2 is 1.44 bits per heavy atom. The molecule has 8 heteroatoms. The third kappa shape index (κ3) is 5.95. The van der Waals surface area contributed by atoms with Gasteiger partial charge < -0.3 is 10.1 Å². The zero-order chi connectivity index (χ0) is 23.1. The molecule has 0 aliphatic rings. The summed E-state index contributed by atoms with van der Waals surface area (Å²) >= 11 is 3.35. The molecule has 0 aromatic heterocycles. The lowest BCUT2D eigenvalue weighted by Gasteiger charge is -2.10. The van der Waals surface area contributed by atoms with E-state index in [-0.39, 0.29) is 5.91 Å². The first-order valence-corrected chi connectivity index (χ1v) is 10.7. The van der Waals surface area contributed by atoms with E-state index in [1.165, 1.54) is 0 Å². The number of hydrogen-bond acceptors (Lipinski definition) is 4. The number of carbonyl (C=O) groups excluding carboxylic acids is 3. The number of amides is 3. The third-order valence-electron chi connectivity index (χ3n) is 4.47. The molecule has 3 aromatic rings. The zero-order valence-electron chi connectivity index (χ0n) is 17.6. The number of anilines is 1. The highest BCUT2D eigenvalue weighted by molar-refractivity contribution is 9.10. The van der Waals surface area contributed by atoms with Gasteiger partial charge in [-0.25, -0.2) is 0 Å². The predicted molar refractivity (Wildman–Crippen MR) is 126 cm³/mol. The molecule has 0 heterocycles. The molecule has 0 unspecified atom stereocenters. The van der Waals surface area contributed by atoms with E-state index in [0.717, 1.165) is 5.56 Å². The van der Waals surface area contributed by atoms with Crippen LogP contribution in [0, 0.1) is 6.92 Å². The lowest BCUT2D eigenvalue weighted by molar-refractivity contribution is 0.0846. The zero-order valence-corrected chi connectivity index (χ0v) is 19.2. The molecule has 0 aliphatic carbocycles. The summed E-state index contributed by atoms with van der Waals surface area (Å²) in [5, 5.41) is 2.79. The molecule has 0 aliphatic heterocycles. The van der Waals surface area contributed by atoms with E-state index in [9.17, 15) is 14.4 Å². The number of nitrogens with one attached hydrogen (secondary N) is 3. The lowest BCUT2D eigenvalue weighted by Crippen LogP contribution is -2.41. The number of halogens is 1. The number of carbonyl (C=O) groups is 3. The summed E-state index contributed by atoms with van der Waals surface area (Å²) in [5.74, 6) is -0.564. The topological polar surface area (TPSA) is 96.5 Å². The van der Waals surface area contributed by atoms with E-state index in [0.29, 0.717) is 39.2 Å². The minimum Gasteiger partial charge on any atom is -0.493 e. The fourth-order valence-electron chi connectivity index (χ4n) is 2.87. The summed E-state index contributed by atoms with van der Waals surface area (Å²) in [4.78, 5) is 37.0. The highest BCUT2D eigenvalue weighted by Crippen LogP contribution is 2.25. The number of ether oxygens (including phenoxy) is 1. The molecule has 3 amide bonds. The molecule has 0 saturated carbocycles. The van der Waals surface area contributed by atoms with Gasteiger partial charge in [0.15, 0.2) is 0 Å². The minimum absolute atomic E-state index is 0.236. The maximum absolute atomic E-state index is 12.3. The van der Waals surface area contributed by atoms with Crippen molar-refractivity contribution in [1.29, 1.82) is 0 Å². The molecular weight excluding hydrogens is 474 g/mol. The molecule has 164 valence electrons. The molecule has 0 fully saturated rings. The van der Waals surface area contributed by atoms with Gasteiger partial charge in [0.25, 0.3) is 17.7 Å². The summed E-state index contributed by atoms with van der Waals surface area (Å²) in [6, 6.07) is 18.5.